The van der Waals surface area contributed by atoms with Crippen molar-refractivity contribution in [2.75, 3.05) is 13.1 Å². The zero-order chi connectivity index (χ0) is 9.31. The average molecular weight is 183 g/mol. The molecule has 13 heavy (non-hydrogen) atoms. The summed E-state index contributed by atoms with van der Waals surface area (Å²) in [5.41, 5.74) is -0.0532. The molecule has 0 radical (unpaired) electrons. The van der Waals surface area contributed by atoms with E-state index in [1.807, 2.05) is 0 Å². The first-order chi connectivity index (χ1) is 6.18. The summed E-state index contributed by atoms with van der Waals surface area (Å²) >= 11 is 0. The number of aromatic nitrogens is 2. The molecule has 0 spiro atoms. The van der Waals surface area contributed by atoms with Crippen molar-refractivity contribution in [1.29, 1.82) is 0 Å². The largest absolute Gasteiger partial charge is 0.423 e. The smallest absolute Gasteiger partial charge is 0.242 e. The van der Waals surface area contributed by atoms with E-state index in [2.05, 4.69) is 22.4 Å². The van der Waals surface area contributed by atoms with Crippen molar-refractivity contribution in [3.63, 3.8) is 0 Å². The highest BCUT2D eigenvalue weighted by molar-refractivity contribution is 4.90. The van der Waals surface area contributed by atoms with Crippen LogP contribution in [0.1, 0.15) is 18.7 Å². The van der Waals surface area contributed by atoms with E-state index >= 15 is 0 Å². The van der Waals surface area contributed by atoms with E-state index in [4.69, 9.17) is 9.15 Å². The topological polar surface area (TPSA) is 60.2 Å². The summed E-state index contributed by atoms with van der Waals surface area (Å²) < 4.78 is 10.8. The minimum absolute atomic E-state index is 0.0532. The first kappa shape index (κ1) is 8.65. The fourth-order valence-corrected chi connectivity index (χ4v) is 1.21. The Morgan fingerprint density at radius 2 is 2.31 bits per heavy atom. The molecule has 0 saturated carbocycles. The molecule has 1 aromatic heterocycles. The van der Waals surface area contributed by atoms with Crippen molar-refractivity contribution >= 4 is 0 Å². The fourth-order valence-electron chi connectivity index (χ4n) is 1.21. The van der Waals surface area contributed by atoms with E-state index in [0.29, 0.717) is 18.4 Å². The van der Waals surface area contributed by atoms with Gasteiger partial charge in [-0.15, -0.1) is 10.2 Å². The molecular weight excluding hydrogens is 170 g/mol. The molecule has 1 aromatic rings. The van der Waals surface area contributed by atoms with Crippen molar-refractivity contribution in [2.24, 2.45) is 0 Å². The number of rotatable bonds is 3. The molecule has 2 rings (SSSR count). The van der Waals surface area contributed by atoms with Crippen LogP contribution in [0.3, 0.4) is 0 Å². The van der Waals surface area contributed by atoms with Crippen LogP contribution in [-0.2, 0) is 11.3 Å². The second-order valence-electron chi connectivity index (χ2n) is 3.56. The third kappa shape index (κ3) is 1.87. The van der Waals surface area contributed by atoms with E-state index < -0.39 is 0 Å². The van der Waals surface area contributed by atoms with Crippen LogP contribution in [-0.4, -0.2) is 28.9 Å². The van der Waals surface area contributed by atoms with E-state index in [-0.39, 0.29) is 5.60 Å². The molecule has 1 fully saturated rings. The second-order valence-corrected chi connectivity index (χ2v) is 3.56. The molecule has 1 saturated heterocycles. The van der Waals surface area contributed by atoms with Crippen LogP contribution in [0.5, 0.6) is 0 Å². The van der Waals surface area contributed by atoms with E-state index in [0.717, 1.165) is 13.1 Å². The lowest BCUT2D eigenvalue weighted by atomic mass is 10.0. The third-order valence-corrected chi connectivity index (χ3v) is 2.11. The van der Waals surface area contributed by atoms with Crippen molar-refractivity contribution in [3.05, 3.63) is 11.8 Å². The maximum atomic E-state index is 5.61. The molecule has 0 aliphatic carbocycles. The Labute approximate surface area is 76.5 Å². The molecule has 0 unspecified atom stereocenters. The van der Waals surface area contributed by atoms with E-state index in [1.54, 1.807) is 6.92 Å². The fraction of sp³-hybridized carbons (Fsp3) is 0.750. The molecule has 0 aromatic carbocycles. The van der Waals surface area contributed by atoms with Crippen LogP contribution in [0.4, 0.5) is 0 Å². The zero-order valence-corrected chi connectivity index (χ0v) is 7.83. The van der Waals surface area contributed by atoms with Crippen molar-refractivity contribution in [1.82, 2.24) is 15.5 Å². The summed E-state index contributed by atoms with van der Waals surface area (Å²) in [6, 6.07) is 0. The minimum Gasteiger partial charge on any atom is -0.423 e. The van der Waals surface area contributed by atoms with E-state index in [9.17, 15) is 0 Å². The Morgan fingerprint density at radius 3 is 2.77 bits per heavy atom. The lowest BCUT2D eigenvalue weighted by molar-refractivity contribution is -0.0833. The van der Waals surface area contributed by atoms with Gasteiger partial charge in [-0.1, -0.05) is 0 Å². The molecule has 72 valence electrons. The van der Waals surface area contributed by atoms with Gasteiger partial charge in [0.05, 0.1) is 5.60 Å². The van der Waals surface area contributed by atoms with Gasteiger partial charge in [0.15, 0.2) is 0 Å². The average Bonchev–Trinajstić information content (AvgIpc) is 2.44. The highest BCUT2D eigenvalue weighted by atomic mass is 16.5. The summed E-state index contributed by atoms with van der Waals surface area (Å²) in [7, 11) is 0. The number of hydrogen-bond donors (Lipinski definition) is 1. The van der Waals surface area contributed by atoms with E-state index in [1.165, 1.54) is 0 Å². The second kappa shape index (κ2) is 3.08. The number of hydrogen-bond acceptors (Lipinski definition) is 5. The summed E-state index contributed by atoms with van der Waals surface area (Å²) in [6.07, 6.45) is 0. The Bertz CT molecular complexity index is 293. The third-order valence-electron chi connectivity index (χ3n) is 2.11. The summed E-state index contributed by atoms with van der Waals surface area (Å²) in [4.78, 5) is 0. The maximum Gasteiger partial charge on any atom is 0.242 e. The standard InChI is InChI=1S/C8H13N3O2/c1-6-10-11-7(13-6)3-12-8(2)4-9-5-8/h9H,3-5H2,1-2H3. The van der Waals surface area contributed by atoms with Crippen LogP contribution >= 0.6 is 0 Å². The molecule has 0 bridgehead atoms. The Hall–Kier alpha value is -0.940. The van der Waals surface area contributed by atoms with Crippen molar-refractivity contribution in [3.8, 4) is 0 Å². The molecule has 5 heteroatoms. The Morgan fingerprint density at radius 1 is 1.54 bits per heavy atom. The van der Waals surface area contributed by atoms with Crippen LogP contribution in [0.25, 0.3) is 0 Å². The molecular formula is C8H13N3O2. The Balaban J connectivity index is 1.85. The highest BCUT2D eigenvalue weighted by Gasteiger charge is 2.32. The molecule has 1 N–H and O–H groups in total. The first-order valence-electron chi connectivity index (χ1n) is 4.32. The zero-order valence-electron chi connectivity index (χ0n) is 7.83. The molecule has 0 atom stereocenters. The molecule has 0 amide bonds. The summed E-state index contributed by atoms with van der Waals surface area (Å²) in [5.74, 6) is 1.13. The molecule has 1 aliphatic rings. The van der Waals surface area contributed by atoms with Crippen LogP contribution in [0.2, 0.25) is 0 Å². The number of aryl methyl sites for hydroxylation is 1. The monoisotopic (exact) mass is 183 g/mol. The van der Waals surface area contributed by atoms with Gasteiger partial charge in [0.2, 0.25) is 11.8 Å². The van der Waals surface area contributed by atoms with Crippen molar-refractivity contribution < 1.29 is 9.15 Å². The van der Waals surface area contributed by atoms with Gasteiger partial charge >= 0.3 is 0 Å². The molecule has 2 heterocycles. The number of ether oxygens (including phenoxy) is 1. The molecule has 5 nitrogen and oxygen atoms in total. The first-order valence-corrected chi connectivity index (χ1v) is 4.32. The Kier molecular flexibility index (Phi) is 2.05. The van der Waals surface area contributed by atoms with Gasteiger partial charge < -0.3 is 14.5 Å². The SMILES string of the molecule is Cc1nnc(COC2(C)CNC2)o1. The van der Waals surface area contributed by atoms with Crippen molar-refractivity contribution in [2.45, 2.75) is 26.1 Å². The number of nitrogens with one attached hydrogen (secondary N) is 1. The predicted octanol–water partition coefficient (Wildman–Crippen LogP) is 0.257. The van der Waals surface area contributed by atoms with Gasteiger partial charge in [-0.05, 0) is 6.92 Å². The van der Waals surface area contributed by atoms with Crippen LogP contribution in [0.15, 0.2) is 4.42 Å². The van der Waals surface area contributed by atoms with Crippen LogP contribution in [0, 0.1) is 6.92 Å². The lowest BCUT2D eigenvalue weighted by Crippen LogP contribution is -2.58. The quantitative estimate of drug-likeness (QED) is 0.728. The van der Waals surface area contributed by atoms with Gasteiger partial charge in [0, 0.05) is 20.0 Å². The lowest BCUT2D eigenvalue weighted by Gasteiger charge is -2.38. The van der Waals surface area contributed by atoms with Gasteiger partial charge in [0.1, 0.15) is 6.61 Å². The van der Waals surface area contributed by atoms with Gasteiger partial charge in [-0.2, -0.15) is 0 Å². The maximum absolute atomic E-state index is 5.61. The molecule has 1 aliphatic heterocycles. The number of nitrogens with zero attached hydrogens (tertiary/aromatic N) is 2. The highest BCUT2D eigenvalue weighted by Crippen LogP contribution is 2.17. The summed E-state index contributed by atoms with van der Waals surface area (Å²) in [6.45, 7) is 6.01. The van der Waals surface area contributed by atoms with Gasteiger partial charge in [-0.25, -0.2) is 0 Å². The van der Waals surface area contributed by atoms with Crippen LogP contribution < -0.4 is 5.32 Å². The summed E-state index contributed by atoms with van der Waals surface area (Å²) in [5, 5.41) is 10.7. The van der Waals surface area contributed by atoms with Gasteiger partial charge in [0.25, 0.3) is 0 Å². The van der Waals surface area contributed by atoms with Gasteiger partial charge in [-0.3, -0.25) is 0 Å². The normalized spacial score (nSPS) is 19.8. The predicted molar refractivity (Wildman–Crippen MR) is 45.1 cm³/mol. The minimum atomic E-state index is -0.0532.